The van der Waals surface area contributed by atoms with Gasteiger partial charge in [0.15, 0.2) is 0 Å². The van der Waals surface area contributed by atoms with E-state index in [1.165, 1.54) is 5.57 Å². The molecule has 2 aromatic heterocycles. The Kier molecular flexibility index (Phi) is 4.49. The van der Waals surface area contributed by atoms with Gasteiger partial charge in [-0.3, -0.25) is 9.98 Å². The minimum atomic E-state index is 0.701. The molecule has 0 saturated carbocycles. The van der Waals surface area contributed by atoms with Crippen LogP contribution < -0.4 is 0 Å². The minimum absolute atomic E-state index is 0.701. The van der Waals surface area contributed by atoms with Crippen LogP contribution in [0.15, 0.2) is 75.9 Å². The van der Waals surface area contributed by atoms with E-state index < -0.39 is 0 Å². The molecule has 0 fully saturated rings. The van der Waals surface area contributed by atoms with E-state index >= 15 is 0 Å². The molecule has 3 heterocycles. The third-order valence-electron chi connectivity index (χ3n) is 4.17. The van der Waals surface area contributed by atoms with Crippen molar-refractivity contribution >= 4 is 23.4 Å². The molecule has 0 spiro atoms. The van der Waals surface area contributed by atoms with Crippen molar-refractivity contribution < 1.29 is 4.42 Å². The van der Waals surface area contributed by atoms with Gasteiger partial charge in [-0.2, -0.15) is 0 Å². The van der Waals surface area contributed by atoms with Gasteiger partial charge in [-0.05, 0) is 60.9 Å². The topological polar surface area (TPSA) is 38.4 Å². The van der Waals surface area contributed by atoms with Crippen molar-refractivity contribution in [3.05, 3.63) is 82.8 Å². The lowest BCUT2D eigenvalue weighted by molar-refractivity contribution is 0.571. The quantitative estimate of drug-likeness (QED) is 0.612. The lowest BCUT2D eigenvalue weighted by Gasteiger charge is -2.15. The first-order chi connectivity index (χ1) is 12.3. The average molecular weight is 349 g/mol. The lowest BCUT2D eigenvalue weighted by Crippen LogP contribution is -2.11. The van der Waals surface area contributed by atoms with E-state index in [9.17, 15) is 0 Å². The first kappa shape index (κ1) is 15.9. The molecule has 4 heteroatoms. The molecule has 0 radical (unpaired) electrons. The predicted molar refractivity (Wildman–Crippen MR) is 102 cm³/mol. The summed E-state index contributed by atoms with van der Waals surface area (Å²) in [5, 5.41) is 0.701. The van der Waals surface area contributed by atoms with E-state index in [1.807, 2.05) is 54.7 Å². The Morgan fingerprint density at radius 2 is 1.96 bits per heavy atom. The fraction of sp³-hybridized carbons (Fsp3) is 0.143. The summed E-state index contributed by atoms with van der Waals surface area (Å²) in [4.78, 5) is 8.91. The van der Waals surface area contributed by atoms with Crippen molar-refractivity contribution in [3.63, 3.8) is 0 Å². The largest absolute Gasteiger partial charge is 0.457 e. The number of benzene rings is 1. The molecule has 4 rings (SSSR count). The van der Waals surface area contributed by atoms with E-state index in [4.69, 9.17) is 21.0 Å². The second kappa shape index (κ2) is 7.08. The number of halogens is 1. The smallest absolute Gasteiger partial charge is 0.134 e. The maximum Gasteiger partial charge on any atom is 0.134 e. The molecule has 0 amide bonds. The van der Waals surface area contributed by atoms with E-state index in [-0.39, 0.29) is 0 Å². The molecular weight excluding hydrogens is 332 g/mol. The van der Waals surface area contributed by atoms with Gasteiger partial charge in [0.2, 0.25) is 0 Å². The van der Waals surface area contributed by atoms with Gasteiger partial charge in [0.05, 0.1) is 5.71 Å². The summed E-state index contributed by atoms with van der Waals surface area (Å²) in [6.45, 7) is 0.855. The van der Waals surface area contributed by atoms with E-state index in [0.29, 0.717) is 5.02 Å². The molecule has 1 aliphatic rings. The van der Waals surface area contributed by atoms with E-state index in [2.05, 4.69) is 11.1 Å². The highest BCUT2D eigenvalue weighted by Gasteiger charge is 2.15. The number of aliphatic imine (C=N–C) groups is 1. The van der Waals surface area contributed by atoms with Crippen LogP contribution in [-0.2, 0) is 0 Å². The Labute approximate surface area is 151 Å². The molecule has 1 aromatic carbocycles. The Bertz CT molecular complexity index is 941. The number of hydrogen-bond acceptors (Lipinski definition) is 3. The molecule has 0 bridgehead atoms. The third-order valence-corrected chi connectivity index (χ3v) is 4.40. The van der Waals surface area contributed by atoms with Gasteiger partial charge in [0, 0.05) is 35.1 Å². The fourth-order valence-corrected chi connectivity index (χ4v) is 3.19. The van der Waals surface area contributed by atoms with Crippen molar-refractivity contribution in [2.45, 2.75) is 12.8 Å². The van der Waals surface area contributed by atoms with Gasteiger partial charge in [-0.15, -0.1) is 0 Å². The van der Waals surface area contributed by atoms with Crippen LogP contribution >= 0.6 is 11.6 Å². The summed E-state index contributed by atoms with van der Waals surface area (Å²) in [7, 11) is 0. The van der Waals surface area contributed by atoms with Gasteiger partial charge in [-0.1, -0.05) is 23.7 Å². The van der Waals surface area contributed by atoms with Gasteiger partial charge in [-0.25, -0.2) is 0 Å². The fourth-order valence-electron chi connectivity index (χ4n) is 3.00. The van der Waals surface area contributed by atoms with Crippen molar-refractivity contribution in [1.82, 2.24) is 4.98 Å². The first-order valence-corrected chi connectivity index (χ1v) is 8.69. The number of rotatable bonds is 3. The Balaban J connectivity index is 1.66. The zero-order chi connectivity index (χ0) is 17.1. The van der Waals surface area contributed by atoms with Crippen molar-refractivity contribution in [3.8, 4) is 11.3 Å². The molecule has 0 saturated heterocycles. The summed E-state index contributed by atoms with van der Waals surface area (Å²) in [6.07, 6.45) is 7.76. The number of nitrogens with zero attached hydrogens (tertiary/aromatic N) is 2. The summed E-state index contributed by atoms with van der Waals surface area (Å²) < 4.78 is 6.01. The standard InChI is InChI=1S/C21H17ClN2O/c22-18-7-1-4-15(12-18)20-9-8-19(25-20)13-16-5-3-11-24-21(16)17-6-2-10-23-14-17/h1-2,4,6-10,12-14H,3,5,11H2. The molecule has 0 atom stereocenters. The number of allylic oxidation sites excluding steroid dienone is 1. The normalized spacial score (nSPS) is 16.0. The van der Waals surface area contributed by atoms with Crippen molar-refractivity contribution in [2.24, 2.45) is 4.99 Å². The monoisotopic (exact) mass is 348 g/mol. The predicted octanol–water partition coefficient (Wildman–Crippen LogP) is 5.66. The molecular formula is C21H17ClN2O. The van der Waals surface area contributed by atoms with E-state index in [0.717, 1.165) is 47.7 Å². The summed E-state index contributed by atoms with van der Waals surface area (Å²) in [5.41, 5.74) is 4.23. The maximum absolute atomic E-state index is 6.07. The summed E-state index contributed by atoms with van der Waals surface area (Å²) in [6, 6.07) is 15.6. The van der Waals surface area contributed by atoms with Crippen LogP contribution in [0.3, 0.4) is 0 Å². The van der Waals surface area contributed by atoms with E-state index in [1.54, 1.807) is 6.20 Å². The molecule has 0 aliphatic carbocycles. The van der Waals surface area contributed by atoms with Crippen LogP contribution in [-0.4, -0.2) is 17.2 Å². The Morgan fingerprint density at radius 1 is 1.04 bits per heavy atom. The Hall–Kier alpha value is -2.65. The number of pyridine rings is 1. The zero-order valence-electron chi connectivity index (χ0n) is 13.7. The maximum atomic E-state index is 6.07. The summed E-state index contributed by atoms with van der Waals surface area (Å²) >= 11 is 6.07. The highest BCUT2D eigenvalue weighted by atomic mass is 35.5. The van der Waals surface area contributed by atoms with Crippen LogP contribution in [0, 0.1) is 0 Å². The number of hydrogen-bond donors (Lipinski definition) is 0. The van der Waals surface area contributed by atoms with Gasteiger partial charge < -0.3 is 4.42 Å². The molecule has 3 nitrogen and oxygen atoms in total. The van der Waals surface area contributed by atoms with Crippen molar-refractivity contribution in [1.29, 1.82) is 0 Å². The van der Waals surface area contributed by atoms with Crippen molar-refractivity contribution in [2.75, 3.05) is 6.54 Å². The van der Waals surface area contributed by atoms with Gasteiger partial charge in [0.1, 0.15) is 11.5 Å². The van der Waals surface area contributed by atoms with Gasteiger partial charge >= 0.3 is 0 Å². The number of furan rings is 1. The first-order valence-electron chi connectivity index (χ1n) is 8.31. The molecule has 0 N–H and O–H groups in total. The highest BCUT2D eigenvalue weighted by molar-refractivity contribution is 6.30. The van der Waals surface area contributed by atoms with Crippen LogP contribution in [0.4, 0.5) is 0 Å². The molecule has 0 unspecified atom stereocenters. The highest BCUT2D eigenvalue weighted by Crippen LogP contribution is 2.27. The molecule has 3 aromatic rings. The minimum Gasteiger partial charge on any atom is -0.457 e. The van der Waals surface area contributed by atoms with Crippen LogP contribution in [0.2, 0.25) is 5.02 Å². The summed E-state index contributed by atoms with van der Waals surface area (Å²) in [5.74, 6) is 1.63. The van der Waals surface area contributed by atoms with Crippen LogP contribution in [0.5, 0.6) is 0 Å². The SMILES string of the molecule is Clc1cccc(-c2ccc(C=C3CCCN=C3c3cccnc3)o2)c1. The average Bonchev–Trinajstić information content (AvgIpc) is 3.12. The second-order valence-corrected chi connectivity index (χ2v) is 6.39. The molecule has 1 aliphatic heterocycles. The van der Waals surface area contributed by atoms with Crippen LogP contribution in [0.25, 0.3) is 17.4 Å². The molecule has 124 valence electrons. The molecule has 25 heavy (non-hydrogen) atoms. The zero-order valence-corrected chi connectivity index (χ0v) is 14.4. The third kappa shape index (κ3) is 3.57. The lowest BCUT2D eigenvalue weighted by atomic mass is 9.96. The number of aromatic nitrogens is 1. The Morgan fingerprint density at radius 3 is 2.80 bits per heavy atom. The second-order valence-electron chi connectivity index (χ2n) is 5.96. The van der Waals surface area contributed by atoms with Crippen LogP contribution in [0.1, 0.15) is 24.2 Å². The van der Waals surface area contributed by atoms with Gasteiger partial charge in [0.25, 0.3) is 0 Å².